The third-order valence-corrected chi connectivity index (χ3v) is 3.22. The van der Waals surface area contributed by atoms with Crippen LogP contribution in [0.5, 0.6) is 0 Å². The monoisotopic (exact) mass is 323 g/mol. The topological polar surface area (TPSA) is 76.1 Å². The molecule has 6 heteroatoms. The molecule has 0 atom stereocenters. The Hall–Kier alpha value is -1.92. The molecule has 1 amide bonds. The number of amides is 1. The molecule has 128 valence electrons. The van der Waals surface area contributed by atoms with Gasteiger partial charge in [0.25, 0.3) is 5.91 Å². The van der Waals surface area contributed by atoms with Crippen molar-refractivity contribution < 1.29 is 24.2 Å². The summed E-state index contributed by atoms with van der Waals surface area (Å²) in [7, 11) is 0. The first-order valence-corrected chi connectivity index (χ1v) is 7.78. The van der Waals surface area contributed by atoms with E-state index in [1.807, 2.05) is 19.1 Å². The van der Waals surface area contributed by atoms with Gasteiger partial charge < -0.3 is 19.5 Å². The fraction of sp³-hybridized carbons (Fsp3) is 0.529. The molecule has 0 aliphatic carbocycles. The van der Waals surface area contributed by atoms with Gasteiger partial charge in [-0.2, -0.15) is 0 Å². The van der Waals surface area contributed by atoms with Crippen molar-refractivity contribution in [3.63, 3.8) is 0 Å². The van der Waals surface area contributed by atoms with Crippen LogP contribution in [-0.4, -0.2) is 61.4 Å². The van der Waals surface area contributed by atoms with Crippen molar-refractivity contribution >= 4 is 11.9 Å². The molecule has 0 bridgehead atoms. The summed E-state index contributed by atoms with van der Waals surface area (Å²) in [6.07, 6.45) is 0.144. The van der Waals surface area contributed by atoms with E-state index in [0.717, 1.165) is 5.56 Å². The lowest BCUT2D eigenvalue weighted by Gasteiger charge is -2.22. The van der Waals surface area contributed by atoms with E-state index >= 15 is 0 Å². The van der Waals surface area contributed by atoms with E-state index in [1.54, 1.807) is 24.0 Å². The van der Waals surface area contributed by atoms with Crippen LogP contribution in [0, 0.1) is 6.92 Å². The highest BCUT2D eigenvalue weighted by atomic mass is 16.5. The van der Waals surface area contributed by atoms with Crippen LogP contribution in [-0.2, 0) is 14.3 Å². The quantitative estimate of drug-likeness (QED) is 0.520. The minimum Gasteiger partial charge on any atom is -0.466 e. The maximum absolute atomic E-state index is 12.6. The number of hydrogen-bond donors (Lipinski definition) is 1. The summed E-state index contributed by atoms with van der Waals surface area (Å²) in [4.78, 5) is 25.6. The molecule has 6 nitrogen and oxygen atoms in total. The Morgan fingerprint density at radius 3 is 2.43 bits per heavy atom. The van der Waals surface area contributed by atoms with Crippen molar-refractivity contribution in [3.8, 4) is 0 Å². The lowest BCUT2D eigenvalue weighted by atomic mass is 10.1. The Bertz CT molecular complexity index is 486. The first-order chi connectivity index (χ1) is 11.1. The molecule has 0 spiro atoms. The standard InChI is InChI=1S/C17H25NO5/c1-3-23-16(20)8-9-18(10-12-22-13-11-19)17(21)15-6-4-14(2)5-7-15/h4-7,19H,3,8-13H2,1-2H3. The van der Waals surface area contributed by atoms with Crippen LogP contribution < -0.4 is 0 Å². The first-order valence-electron chi connectivity index (χ1n) is 7.78. The van der Waals surface area contributed by atoms with Gasteiger partial charge in [-0.05, 0) is 26.0 Å². The van der Waals surface area contributed by atoms with Crippen molar-refractivity contribution in [1.29, 1.82) is 0 Å². The molecule has 1 N–H and O–H groups in total. The molecule has 0 heterocycles. The van der Waals surface area contributed by atoms with Gasteiger partial charge in [-0.25, -0.2) is 0 Å². The third kappa shape index (κ3) is 7.25. The van der Waals surface area contributed by atoms with E-state index in [0.29, 0.717) is 25.3 Å². The van der Waals surface area contributed by atoms with Crippen LogP contribution in [0.25, 0.3) is 0 Å². The number of aliphatic hydroxyl groups excluding tert-OH is 1. The van der Waals surface area contributed by atoms with Crippen molar-refractivity contribution in [1.82, 2.24) is 4.90 Å². The number of aliphatic hydroxyl groups is 1. The van der Waals surface area contributed by atoms with Gasteiger partial charge in [0.05, 0.1) is 32.8 Å². The molecule has 0 aliphatic heterocycles. The summed E-state index contributed by atoms with van der Waals surface area (Å²) < 4.78 is 10.1. The predicted molar refractivity (Wildman–Crippen MR) is 86.2 cm³/mol. The highest BCUT2D eigenvalue weighted by Gasteiger charge is 2.17. The van der Waals surface area contributed by atoms with Gasteiger partial charge in [0.15, 0.2) is 0 Å². The summed E-state index contributed by atoms with van der Waals surface area (Å²) in [6.45, 7) is 5.12. The Morgan fingerprint density at radius 2 is 1.83 bits per heavy atom. The zero-order valence-electron chi connectivity index (χ0n) is 13.8. The van der Waals surface area contributed by atoms with Gasteiger partial charge in [0, 0.05) is 18.7 Å². The number of nitrogens with zero attached hydrogens (tertiary/aromatic N) is 1. The van der Waals surface area contributed by atoms with Crippen LogP contribution in [0.2, 0.25) is 0 Å². The number of ether oxygens (including phenoxy) is 2. The minimum atomic E-state index is -0.328. The number of aryl methyl sites for hydroxylation is 1. The smallest absolute Gasteiger partial charge is 0.307 e. The van der Waals surface area contributed by atoms with Crippen molar-refractivity contribution in [2.24, 2.45) is 0 Å². The summed E-state index contributed by atoms with van der Waals surface area (Å²) >= 11 is 0. The molecule has 1 aromatic carbocycles. The summed E-state index contributed by atoms with van der Waals surface area (Å²) in [6, 6.07) is 7.28. The van der Waals surface area contributed by atoms with Crippen LogP contribution in [0.3, 0.4) is 0 Å². The van der Waals surface area contributed by atoms with E-state index in [2.05, 4.69) is 0 Å². The highest BCUT2D eigenvalue weighted by Crippen LogP contribution is 2.08. The summed E-state index contributed by atoms with van der Waals surface area (Å²) in [5.41, 5.74) is 1.65. The van der Waals surface area contributed by atoms with Crippen molar-refractivity contribution in [3.05, 3.63) is 35.4 Å². The SMILES string of the molecule is CCOC(=O)CCN(CCOCCO)C(=O)c1ccc(C)cc1. The second-order valence-electron chi connectivity index (χ2n) is 5.05. The predicted octanol–water partition coefficient (Wildman–Crippen LogP) is 1.40. The van der Waals surface area contributed by atoms with E-state index in [4.69, 9.17) is 14.6 Å². The van der Waals surface area contributed by atoms with E-state index in [-0.39, 0.29) is 38.1 Å². The van der Waals surface area contributed by atoms with Gasteiger partial charge in [-0.15, -0.1) is 0 Å². The van der Waals surface area contributed by atoms with E-state index in [9.17, 15) is 9.59 Å². The zero-order valence-corrected chi connectivity index (χ0v) is 13.8. The maximum Gasteiger partial charge on any atom is 0.307 e. The van der Waals surface area contributed by atoms with Gasteiger partial charge in [0.1, 0.15) is 0 Å². The molecule has 0 saturated carbocycles. The molecule has 0 unspecified atom stereocenters. The first kappa shape index (κ1) is 19.1. The lowest BCUT2D eigenvalue weighted by Crippen LogP contribution is -2.36. The van der Waals surface area contributed by atoms with Gasteiger partial charge in [-0.1, -0.05) is 17.7 Å². The van der Waals surface area contributed by atoms with Crippen molar-refractivity contribution in [2.75, 3.05) is 39.5 Å². The second kappa shape index (κ2) is 10.7. The van der Waals surface area contributed by atoms with E-state index < -0.39 is 0 Å². The van der Waals surface area contributed by atoms with Crippen LogP contribution in [0.15, 0.2) is 24.3 Å². The zero-order chi connectivity index (χ0) is 17.1. The summed E-state index contributed by atoms with van der Waals surface area (Å²) in [5.74, 6) is -0.479. The molecule has 1 aromatic rings. The number of carbonyl (C=O) groups excluding carboxylic acids is 2. The number of esters is 1. The van der Waals surface area contributed by atoms with Crippen LogP contribution >= 0.6 is 0 Å². The largest absolute Gasteiger partial charge is 0.466 e. The lowest BCUT2D eigenvalue weighted by molar-refractivity contribution is -0.143. The Labute approximate surface area is 137 Å². The number of rotatable bonds is 10. The average molecular weight is 323 g/mol. The fourth-order valence-electron chi connectivity index (χ4n) is 1.99. The fourth-order valence-corrected chi connectivity index (χ4v) is 1.99. The highest BCUT2D eigenvalue weighted by molar-refractivity contribution is 5.94. The number of carbonyl (C=O) groups is 2. The molecule has 0 radical (unpaired) electrons. The normalized spacial score (nSPS) is 10.4. The third-order valence-electron chi connectivity index (χ3n) is 3.22. The minimum absolute atomic E-state index is 0.0608. The number of benzene rings is 1. The molecular formula is C17H25NO5. The van der Waals surface area contributed by atoms with Gasteiger partial charge in [-0.3, -0.25) is 9.59 Å². The molecule has 0 saturated heterocycles. The molecule has 1 rings (SSSR count). The van der Waals surface area contributed by atoms with Crippen LogP contribution in [0.4, 0.5) is 0 Å². The van der Waals surface area contributed by atoms with Gasteiger partial charge >= 0.3 is 5.97 Å². The maximum atomic E-state index is 12.6. The molecule has 0 fully saturated rings. The Morgan fingerprint density at radius 1 is 1.13 bits per heavy atom. The molecular weight excluding hydrogens is 298 g/mol. The van der Waals surface area contributed by atoms with E-state index in [1.165, 1.54) is 0 Å². The Balaban J connectivity index is 2.66. The van der Waals surface area contributed by atoms with Gasteiger partial charge in [0.2, 0.25) is 0 Å². The molecule has 0 aromatic heterocycles. The number of hydrogen-bond acceptors (Lipinski definition) is 5. The second-order valence-corrected chi connectivity index (χ2v) is 5.05. The molecule has 0 aliphatic rings. The molecule has 23 heavy (non-hydrogen) atoms. The van der Waals surface area contributed by atoms with Crippen LogP contribution in [0.1, 0.15) is 29.3 Å². The summed E-state index contributed by atoms with van der Waals surface area (Å²) in [5, 5.41) is 8.71. The van der Waals surface area contributed by atoms with Crippen molar-refractivity contribution in [2.45, 2.75) is 20.3 Å². The Kier molecular flexibility index (Phi) is 8.94. The average Bonchev–Trinajstić information content (AvgIpc) is 2.54.